The van der Waals surface area contributed by atoms with E-state index in [1.54, 1.807) is 13.8 Å². The van der Waals surface area contributed by atoms with E-state index < -0.39 is 21.4 Å². The van der Waals surface area contributed by atoms with Crippen molar-refractivity contribution in [2.24, 2.45) is 0 Å². The minimum atomic E-state index is -3.79. The number of hydrogen-bond acceptors (Lipinski definition) is 2. The number of rotatable bonds is 3. The van der Waals surface area contributed by atoms with Crippen LogP contribution in [0.2, 0.25) is 0 Å². The minimum absolute atomic E-state index is 0.143. The molecule has 5 heteroatoms. The van der Waals surface area contributed by atoms with Crippen LogP contribution < -0.4 is 4.72 Å². The number of terminal acetylenes is 1. The Hall–Kier alpha value is -1.38. The molecule has 0 aromatic heterocycles. The lowest BCUT2D eigenvalue weighted by molar-refractivity contribution is 0.537. The van der Waals surface area contributed by atoms with E-state index in [2.05, 4.69) is 10.6 Å². The van der Waals surface area contributed by atoms with Crippen molar-refractivity contribution >= 4 is 10.0 Å². The first-order valence-corrected chi connectivity index (χ1v) is 6.02. The highest BCUT2D eigenvalue weighted by atomic mass is 32.2. The van der Waals surface area contributed by atoms with Crippen LogP contribution in [0.1, 0.15) is 13.8 Å². The molecule has 0 spiro atoms. The van der Waals surface area contributed by atoms with Crippen LogP contribution in [0.5, 0.6) is 0 Å². The second-order valence-corrected chi connectivity index (χ2v) is 5.51. The standard InChI is InChI=1S/C11H12FNO2S/c1-4-11(2,3)13-16(14,15)10-7-5-6-9(12)8-10/h1,5-8,13H,2-3H3. The zero-order valence-corrected chi connectivity index (χ0v) is 9.81. The van der Waals surface area contributed by atoms with Crippen LogP contribution in [-0.4, -0.2) is 14.0 Å². The second kappa shape index (κ2) is 4.24. The molecule has 86 valence electrons. The van der Waals surface area contributed by atoms with Gasteiger partial charge < -0.3 is 0 Å². The summed E-state index contributed by atoms with van der Waals surface area (Å²) in [4.78, 5) is -0.143. The maximum atomic E-state index is 12.9. The van der Waals surface area contributed by atoms with Gasteiger partial charge in [0.05, 0.1) is 10.4 Å². The summed E-state index contributed by atoms with van der Waals surface area (Å²) in [5.74, 6) is 1.69. The topological polar surface area (TPSA) is 46.2 Å². The average molecular weight is 241 g/mol. The Morgan fingerprint density at radius 3 is 2.56 bits per heavy atom. The summed E-state index contributed by atoms with van der Waals surface area (Å²) in [6.45, 7) is 3.09. The molecule has 0 aliphatic rings. The SMILES string of the molecule is C#CC(C)(C)NS(=O)(=O)c1cccc(F)c1. The molecule has 0 aliphatic carbocycles. The summed E-state index contributed by atoms with van der Waals surface area (Å²) in [7, 11) is -3.79. The number of sulfonamides is 1. The Labute approximate surface area is 94.7 Å². The van der Waals surface area contributed by atoms with Crippen molar-refractivity contribution in [1.29, 1.82) is 0 Å². The van der Waals surface area contributed by atoms with E-state index in [1.165, 1.54) is 18.2 Å². The van der Waals surface area contributed by atoms with Crippen molar-refractivity contribution in [1.82, 2.24) is 4.72 Å². The van der Waals surface area contributed by atoms with Gasteiger partial charge >= 0.3 is 0 Å². The van der Waals surface area contributed by atoms with Gasteiger partial charge in [0.1, 0.15) is 5.82 Å². The first-order valence-electron chi connectivity index (χ1n) is 4.54. The molecule has 0 fully saturated rings. The van der Waals surface area contributed by atoms with Gasteiger partial charge in [0.2, 0.25) is 10.0 Å². The lowest BCUT2D eigenvalue weighted by Crippen LogP contribution is -2.41. The molecular formula is C11H12FNO2S. The normalized spacial score (nSPS) is 12.1. The monoisotopic (exact) mass is 241 g/mol. The molecule has 0 amide bonds. The van der Waals surface area contributed by atoms with Gasteiger partial charge in [-0.2, -0.15) is 4.72 Å². The van der Waals surface area contributed by atoms with Crippen molar-refractivity contribution in [2.75, 3.05) is 0 Å². The van der Waals surface area contributed by atoms with Crippen molar-refractivity contribution in [2.45, 2.75) is 24.3 Å². The Kier molecular flexibility index (Phi) is 3.36. The van der Waals surface area contributed by atoms with Gasteiger partial charge in [-0.05, 0) is 32.0 Å². The molecule has 1 aromatic carbocycles. The van der Waals surface area contributed by atoms with E-state index in [1.807, 2.05) is 0 Å². The van der Waals surface area contributed by atoms with Crippen molar-refractivity contribution in [3.05, 3.63) is 30.1 Å². The highest BCUT2D eigenvalue weighted by molar-refractivity contribution is 7.89. The molecule has 0 saturated carbocycles. The molecule has 0 radical (unpaired) electrons. The first kappa shape index (κ1) is 12.7. The molecular weight excluding hydrogens is 229 g/mol. The Morgan fingerprint density at radius 1 is 1.44 bits per heavy atom. The highest BCUT2D eigenvalue weighted by Gasteiger charge is 2.24. The van der Waals surface area contributed by atoms with Crippen LogP contribution in [0.15, 0.2) is 29.2 Å². The quantitative estimate of drug-likeness (QED) is 0.815. The fraction of sp³-hybridized carbons (Fsp3) is 0.273. The molecule has 0 unspecified atom stereocenters. The van der Waals surface area contributed by atoms with Gasteiger partial charge in [-0.1, -0.05) is 12.0 Å². The number of halogens is 1. The summed E-state index contributed by atoms with van der Waals surface area (Å²) in [5.41, 5.74) is -1.01. The summed E-state index contributed by atoms with van der Waals surface area (Å²) in [5, 5.41) is 0. The smallest absolute Gasteiger partial charge is 0.207 e. The van der Waals surface area contributed by atoms with Crippen molar-refractivity contribution in [3.8, 4) is 12.3 Å². The molecule has 16 heavy (non-hydrogen) atoms. The van der Waals surface area contributed by atoms with Gasteiger partial charge in [-0.25, -0.2) is 12.8 Å². The maximum absolute atomic E-state index is 12.9. The van der Waals surface area contributed by atoms with Gasteiger partial charge in [-0.15, -0.1) is 6.42 Å². The number of nitrogens with one attached hydrogen (secondary N) is 1. The van der Waals surface area contributed by atoms with Gasteiger partial charge in [0.25, 0.3) is 0 Å². The third-order valence-corrected chi connectivity index (χ3v) is 3.51. The Balaban J connectivity index is 3.10. The predicted octanol–water partition coefficient (Wildman–Crippen LogP) is 1.52. The van der Waals surface area contributed by atoms with Gasteiger partial charge in [0.15, 0.2) is 0 Å². The fourth-order valence-electron chi connectivity index (χ4n) is 1.06. The minimum Gasteiger partial charge on any atom is -0.207 e. The van der Waals surface area contributed by atoms with Crippen LogP contribution >= 0.6 is 0 Å². The average Bonchev–Trinajstić information content (AvgIpc) is 2.16. The maximum Gasteiger partial charge on any atom is 0.241 e. The Bertz CT molecular complexity index is 529. The molecule has 0 saturated heterocycles. The number of benzene rings is 1. The fourth-order valence-corrected chi connectivity index (χ4v) is 2.43. The molecule has 0 atom stereocenters. The molecule has 3 nitrogen and oxygen atoms in total. The summed E-state index contributed by atoms with van der Waals surface area (Å²) in [6.07, 6.45) is 5.17. The first-order chi connectivity index (χ1) is 7.27. The zero-order chi connectivity index (χ0) is 12.4. The van der Waals surface area contributed by atoms with Crippen molar-refractivity contribution in [3.63, 3.8) is 0 Å². The van der Waals surface area contributed by atoms with Gasteiger partial charge in [0, 0.05) is 0 Å². The molecule has 0 heterocycles. The summed E-state index contributed by atoms with van der Waals surface area (Å²) >= 11 is 0. The number of hydrogen-bond donors (Lipinski definition) is 1. The van der Waals surface area contributed by atoms with E-state index in [4.69, 9.17) is 6.42 Å². The third-order valence-electron chi connectivity index (χ3n) is 1.86. The largest absolute Gasteiger partial charge is 0.241 e. The van der Waals surface area contributed by atoms with Crippen LogP contribution in [0.25, 0.3) is 0 Å². The highest BCUT2D eigenvalue weighted by Crippen LogP contribution is 2.13. The lowest BCUT2D eigenvalue weighted by atomic mass is 10.1. The van der Waals surface area contributed by atoms with E-state index in [0.717, 1.165) is 6.07 Å². The van der Waals surface area contributed by atoms with Gasteiger partial charge in [-0.3, -0.25) is 0 Å². The van der Waals surface area contributed by atoms with Crippen molar-refractivity contribution < 1.29 is 12.8 Å². The Morgan fingerprint density at radius 2 is 2.06 bits per heavy atom. The van der Waals surface area contributed by atoms with E-state index in [9.17, 15) is 12.8 Å². The second-order valence-electron chi connectivity index (χ2n) is 3.83. The van der Waals surface area contributed by atoms with E-state index in [0.29, 0.717) is 0 Å². The van der Waals surface area contributed by atoms with E-state index >= 15 is 0 Å². The summed E-state index contributed by atoms with van der Waals surface area (Å²) < 4.78 is 38.7. The predicted molar refractivity (Wildman–Crippen MR) is 59.6 cm³/mol. The molecule has 0 bridgehead atoms. The van der Waals surface area contributed by atoms with E-state index in [-0.39, 0.29) is 4.90 Å². The lowest BCUT2D eigenvalue weighted by Gasteiger charge is -2.19. The van der Waals surface area contributed by atoms with Crippen LogP contribution in [0.4, 0.5) is 4.39 Å². The van der Waals surface area contributed by atoms with Crippen LogP contribution in [0, 0.1) is 18.2 Å². The summed E-state index contributed by atoms with van der Waals surface area (Å²) in [6, 6.07) is 4.74. The molecule has 1 aromatic rings. The third kappa shape index (κ3) is 3.05. The molecule has 1 N–H and O–H groups in total. The molecule has 1 rings (SSSR count). The molecule has 0 aliphatic heterocycles. The van der Waals surface area contributed by atoms with Crippen LogP contribution in [-0.2, 0) is 10.0 Å². The zero-order valence-electron chi connectivity index (χ0n) is 8.99. The van der Waals surface area contributed by atoms with Crippen LogP contribution in [0.3, 0.4) is 0 Å².